The minimum Gasteiger partial charge on any atom is -0.392 e. The molecule has 0 bridgehead atoms. The van der Waals surface area contributed by atoms with Gasteiger partial charge in [-0.3, -0.25) is 4.79 Å². The molecule has 112 valence electrons. The Morgan fingerprint density at radius 1 is 1.53 bits per heavy atom. The zero-order chi connectivity index (χ0) is 14.6. The van der Waals surface area contributed by atoms with Crippen LogP contribution >= 0.6 is 0 Å². The molecule has 2 atom stereocenters. The van der Waals surface area contributed by atoms with Gasteiger partial charge in [0.15, 0.2) is 0 Å². The van der Waals surface area contributed by atoms with E-state index in [1.54, 1.807) is 0 Å². The van der Waals surface area contributed by atoms with Gasteiger partial charge in [-0.05, 0) is 13.0 Å². The van der Waals surface area contributed by atoms with E-state index in [2.05, 4.69) is 10.2 Å². The highest BCUT2D eigenvalue weighted by atomic mass is 16.5. The van der Waals surface area contributed by atoms with Gasteiger partial charge < -0.3 is 20.1 Å². The predicted molar refractivity (Wildman–Crippen MR) is 74.9 cm³/mol. The molecule has 0 radical (unpaired) electrons. The maximum absolute atomic E-state index is 12.0. The second-order valence-corrected chi connectivity index (χ2v) is 6.52. The number of morpholine rings is 1. The van der Waals surface area contributed by atoms with Gasteiger partial charge in [0.25, 0.3) is 0 Å². The van der Waals surface area contributed by atoms with E-state index in [1.807, 2.05) is 34.7 Å². The van der Waals surface area contributed by atoms with Crippen LogP contribution in [0.4, 0.5) is 0 Å². The fraction of sp³-hybridized carbons (Fsp3) is 0.929. The second kappa shape index (κ2) is 6.68. The number of aliphatic hydroxyl groups is 1. The van der Waals surface area contributed by atoms with Crippen molar-refractivity contribution in [1.29, 1.82) is 0 Å². The SMILES string of the molecule is CC(C)C(O)C(C)(C)CNC(=O)C1CN(C)CCO1. The fourth-order valence-corrected chi connectivity index (χ4v) is 2.37. The lowest BCUT2D eigenvalue weighted by atomic mass is 9.80. The van der Waals surface area contributed by atoms with Gasteiger partial charge in [0.1, 0.15) is 6.10 Å². The van der Waals surface area contributed by atoms with Crippen molar-refractivity contribution in [3.05, 3.63) is 0 Å². The van der Waals surface area contributed by atoms with E-state index < -0.39 is 12.2 Å². The average Bonchev–Trinajstić information content (AvgIpc) is 2.35. The molecule has 0 aromatic rings. The molecule has 0 aromatic carbocycles. The van der Waals surface area contributed by atoms with Crippen molar-refractivity contribution in [3.63, 3.8) is 0 Å². The van der Waals surface area contributed by atoms with E-state index in [4.69, 9.17) is 4.74 Å². The number of amides is 1. The molecule has 1 aliphatic rings. The first kappa shape index (κ1) is 16.4. The van der Waals surface area contributed by atoms with Gasteiger partial charge in [-0.25, -0.2) is 0 Å². The van der Waals surface area contributed by atoms with Gasteiger partial charge in [0.2, 0.25) is 5.91 Å². The quantitative estimate of drug-likeness (QED) is 0.764. The average molecular weight is 272 g/mol. The standard InChI is InChI=1S/C14H28N2O3/c1-10(2)12(17)14(3,4)9-15-13(18)11-8-16(5)6-7-19-11/h10-12,17H,6-9H2,1-5H3,(H,15,18). The van der Waals surface area contributed by atoms with E-state index >= 15 is 0 Å². The number of hydrogen-bond donors (Lipinski definition) is 2. The third-order valence-corrected chi connectivity index (χ3v) is 3.71. The molecular formula is C14H28N2O3. The van der Waals surface area contributed by atoms with Crippen molar-refractivity contribution in [1.82, 2.24) is 10.2 Å². The molecule has 0 saturated carbocycles. The van der Waals surface area contributed by atoms with Crippen molar-refractivity contribution in [3.8, 4) is 0 Å². The molecule has 1 heterocycles. The minimum absolute atomic E-state index is 0.0874. The van der Waals surface area contributed by atoms with Crippen LogP contribution in [0.3, 0.4) is 0 Å². The van der Waals surface area contributed by atoms with E-state index in [1.165, 1.54) is 0 Å². The van der Waals surface area contributed by atoms with Gasteiger partial charge >= 0.3 is 0 Å². The number of ether oxygens (including phenoxy) is 1. The van der Waals surface area contributed by atoms with Gasteiger partial charge in [0.05, 0.1) is 12.7 Å². The predicted octanol–water partition coefficient (Wildman–Crippen LogP) is 0.476. The molecule has 5 heteroatoms. The maximum atomic E-state index is 12.0. The van der Waals surface area contributed by atoms with E-state index in [0.717, 1.165) is 6.54 Å². The lowest BCUT2D eigenvalue weighted by Gasteiger charge is -2.34. The molecule has 0 aliphatic carbocycles. The molecule has 19 heavy (non-hydrogen) atoms. The number of rotatable bonds is 5. The summed E-state index contributed by atoms with van der Waals surface area (Å²) in [6, 6.07) is 0. The first-order valence-electron chi connectivity index (χ1n) is 7.00. The third-order valence-electron chi connectivity index (χ3n) is 3.71. The molecule has 1 fully saturated rings. The van der Waals surface area contributed by atoms with Crippen molar-refractivity contribution in [2.75, 3.05) is 33.3 Å². The Hall–Kier alpha value is -0.650. The molecule has 1 aliphatic heterocycles. The molecule has 1 rings (SSSR count). The van der Waals surface area contributed by atoms with Crippen LogP contribution in [0.2, 0.25) is 0 Å². The molecular weight excluding hydrogens is 244 g/mol. The number of likely N-dealkylation sites (N-methyl/N-ethyl adjacent to an activating group) is 1. The fourth-order valence-electron chi connectivity index (χ4n) is 2.37. The van der Waals surface area contributed by atoms with Crippen molar-refractivity contribution < 1.29 is 14.6 Å². The van der Waals surface area contributed by atoms with E-state index in [9.17, 15) is 9.90 Å². The van der Waals surface area contributed by atoms with E-state index in [0.29, 0.717) is 19.7 Å². The van der Waals surface area contributed by atoms with Crippen LogP contribution in [0.15, 0.2) is 0 Å². The summed E-state index contributed by atoms with van der Waals surface area (Å²) in [7, 11) is 1.98. The highest BCUT2D eigenvalue weighted by Gasteiger charge is 2.32. The number of carbonyl (C=O) groups is 1. The molecule has 2 unspecified atom stereocenters. The Kier molecular flexibility index (Phi) is 5.77. The summed E-state index contributed by atoms with van der Waals surface area (Å²) in [5, 5.41) is 13.0. The van der Waals surface area contributed by atoms with E-state index in [-0.39, 0.29) is 17.2 Å². The van der Waals surface area contributed by atoms with Crippen LogP contribution in [-0.2, 0) is 9.53 Å². The largest absolute Gasteiger partial charge is 0.392 e. The summed E-state index contributed by atoms with van der Waals surface area (Å²) in [4.78, 5) is 14.1. The molecule has 5 nitrogen and oxygen atoms in total. The summed E-state index contributed by atoms with van der Waals surface area (Å²) >= 11 is 0. The Morgan fingerprint density at radius 2 is 2.16 bits per heavy atom. The van der Waals surface area contributed by atoms with Crippen LogP contribution in [0, 0.1) is 11.3 Å². The topological polar surface area (TPSA) is 61.8 Å². The van der Waals surface area contributed by atoms with Gasteiger partial charge in [0, 0.05) is 25.0 Å². The summed E-state index contributed by atoms with van der Waals surface area (Å²) in [6.07, 6.45) is -0.839. The smallest absolute Gasteiger partial charge is 0.250 e. The highest BCUT2D eigenvalue weighted by Crippen LogP contribution is 2.25. The van der Waals surface area contributed by atoms with Crippen molar-refractivity contribution in [2.45, 2.75) is 39.9 Å². The number of hydrogen-bond acceptors (Lipinski definition) is 4. The van der Waals surface area contributed by atoms with Crippen molar-refractivity contribution >= 4 is 5.91 Å². The van der Waals surface area contributed by atoms with Crippen molar-refractivity contribution in [2.24, 2.45) is 11.3 Å². The molecule has 1 amide bonds. The zero-order valence-electron chi connectivity index (χ0n) is 12.8. The number of nitrogens with zero attached hydrogens (tertiary/aromatic N) is 1. The third kappa shape index (κ3) is 4.75. The number of carbonyl (C=O) groups excluding carboxylic acids is 1. The lowest BCUT2D eigenvalue weighted by Crippen LogP contribution is -2.51. The minimum atomic E-state index is -0.442. The summed E-state index contributed by atoms with van der Waals surface area (Å²) in [5.41, 5.74) is -0.343. The van der Waals surface area contributed by atoms with Crippen LogP contribution in [-0.4, -0.2) is 61.4 Å². The number of nitrogens with one attached hydrogen (secondary N) is 1. The normalized spacial score (nSPS) is 23.4. The zero-order valence-corrected chi connectivity index (χ0v) is 12.8. The van der Waals surface area contributed by atoms with Gasteiger partial charge in [-0.1, -0.05) is 27.7 Å². The van der Waals surface area contributed by atoms with Crippen LogP contribution < -0.4 is 5.32 Å². The Labute approximate surface area is 116 Å². The Bertz CT molecular complexity index is 305. The van der Waals surface area contributed by atoms with Crippen LogP contribution in [0.25, 0.3) is 0 Å². The molecule has 1 saturated heterocycles. The van der Waals surface area contributed by atoms with Gasteiger partial charge in [-0.2, -0.15) is 0 Å². The summed E-state index contributed by atoms with van der Waals surface area (Å²) in [6.45, 7) is 10.4. The van der Waals surface area contributed by atoms with Crippen LogP contribution in [0.5, 0.6) is 0 Å². The monoisotopic (exact) mass is 272 g/mol. The summed E-state index contributed by atoms with van der Waals surface area (Å²) in [5.74, 6) is 0.0829. The lowest BCUT2D eigenvalue weighted by molar-refractivity contribution is -0.138. The highest BCUT2D eigenvalue weighted by molar-refractivity contribution is 5.81. The first-order chi connectivity index (χ1) is 8.74. The Morgan fingerprint density at radius 3 is 2.68 bits per heavy atom. The molecule has 0 aromatic heterocycles. The molecule has 2 N–H and O–H groups in total. The maximum Gasteiger partial charge on any atom is 0.250 e. The summed E-state index contributed by atoms with van der Waals surface area (Å²) < 4.78 is 5.47. The second-order valence-electron chi connectivity index (χ2n) is 6.52. The van der Waals surface area contributed by atoms with Gasteiger partial charge in [-0.15, -0.1) is 0 Å². The van der Waals surface area contributed by atoms with Crippen LogP contribution in [0.1, 0.15) is 27.7 Å². The molecule has 0 spiro atoms. The Balaban J connectivity index is 2.45. The first-order valence-corrected chi connectivity index (χ1v) is 7.00. The number of aliphatic hydroxyl groups excluding tert-OH is 1.